The second-order valence-corrected chi connectivity index (χ2v) is 8.67. The zero-order valence-corrected chi connectivity index (χ0v) is 19.7. The molecule has 0 aliphatic heterocycles. The fourth-order valence-corrected chi connectivity index (χ4v) is 3.53. The van der Waals surface area contributed by atoms with Crippen LogP contribution in [0.2, 0.25) is 0 Å². The van der Waals surface area contributed by atoms with Gasteiger partial charge in [-0.1, -0.05) is 6.07 Å². The first kappa shape index (κ1) is 24.2. The highest BCUT2D eigenvalue weighted by molar-refractivity contribution is 5.60. The number of hydrogen-bond donors (Lipinski definition) is 1. The molecule has 0 bridgehead atoms. The zero-order valence-electron chi connectivity index (χ0n) is 19.7. The molecule has 0 atom stereocenters. The van der Waals surface area contributed by atoms with Gasteiger partial charge in [-0.3, -0.25) is 19.3 Å². The number of hydrogen-bond acceptors (Lipinski definition) is 6. The number of nitrogens with zero attached hydrogens (tertiary/aromatic N) is 4. The highest BCUT2D eigenvalue weighted by Gasteiger charge is 2.19. The van der Waals surface area contributed by atoms with Crippen molar-refractivity contribution in [3.05, 3.63) is 99.5 Å². The van der Waals surface area contributed by atoms with Crippen molar-refractivity contribution in [2.75, 3.05) is 0 Å². The molecule has 9 heteroatoms. The van der Waals surface area contributed by atoms with E-state index in [4.69, 9.17) is 4.74 Å². The second-order valence-electron chi connectivity index (χ2n) is 8.67. The molecular formula is C26H24F2N4O3. The molecule has 0 aliphatic rings. The van der Waals surface area contributed by atoms with Crippen LogP contribution >= 0.6 is 0 Å². The number of aryl methyl sites for hydroxylation is 2. The summed E-state index contributed by atoms with van der Waals surface area (Å²) in [7, 11) is 0. The van der Waals surface area contributed by atoms with Gasteiger partial charge in [0, 0.05) is 18.0 Å². The highest BCUT2D eigenvalue weighted by atomic mass is 19.1. The van der Waals surface area contributed by atoms with Crippen LogP contribution in [0, 0.1) is 25.5 Å². The first-order chi connectivity index (χ1) is 16.5. The normalized spacial score (nSPS) is 11.5. The van der Waals surface area contributed by atoms with E-state index in [1.807, 2.05) is 6.92 Å². The van der Waals surface area contributed by atoms with E-state index in [0.29, 0.717) is 34.5 Å². The molecule has 4 aromatic rings. The lowest BCUT2D eigenvalue weighted by Gasteiger charge is -2.18. The van der Waals surface area contributed by atoms with Gasteiger partial charge in [-0.15, -0.1) is 0 Å². The molecule has 0 radical (unpaired) electrons. The van der Waals surface area contributed by atoms with Crippen LogP contribution in [0.4, 0.5) is 8.78 Å². The maximum absolute atomic E-state index is 13.9. The summed E-state index contributed by atoms with van der Waals surface area (Å²) in [6.45, 7) is 6.56. The third-order valence-corrected chi connectivity index (χ3v) is 5.44. The molecule has 180 valence electrons. The summed E-state index contributed by atoms with van der Waals surface area (Å²) in [5.74, 6) is -1.66. The molecule has 0 aromatic carbocycles. The zero-order chi connectivity index (χ0) is 25.3. The third-order valence-electron chi connectivity index (χ3n) is 5.44. The minimum atomic E-state index is -1.12. The van der Waals surface area contributed by atoms with E-state index in [-0.39, 0.29) is 18.1 Å². The number of aromatic nitrogens is 4. The van der Waals surface area contributed by atoms with Crippen LogP contribution in [0.5, 0.6) is 5.75 Å². The van der Waals surface area contributed by atoms with Crippen molar-refractivity contribution in [3.8, 4) is 22.8 Å². The van der Waals surface area contributed by atoms with Crippen LogP contribution in [-0.2, 0) is 12.2 Å². The van der Waals surface area contributed by atoms with Gasteiger partial charge in [0.25, 0.3) is 5.56 Å². The molecule has 0 saturated carbocycles. The van der Waals surface area contributed by atoms with E-state index in [1.165, 1.54) is 10.6 Å². The predicted molar refractivity (Wildman–Crippen MR) is 126 cm³/mol. The van der Waals surface area contributed by atoms with E-state index in [9.17, 15) is 18.7 Å². The molecule has 0 aliphatic carbocycles. The van der Waals surface area contributed by atoms with Gasteiger partial charge in [-0.25, -0.2) is 13.8 Å². The van der Waals surface area contributed by atoms with Gasteiger partial charge >= 0.3 is 0 Å². The van der Waals surface area contributed by atoms with Crippen LogP contribution in [0.3, 0.4) is 0 Å². The smallest absolute Gasteiger partial charge is 0.297 e. The Morgan fingerprint density at radius 1 is 1.03 bits per heavy atom. The summed E-state index contributed by atoms with van der Waals surface area (Å²) in [4.78, 5) is 26.0. The average molecular weight is 478 g/mol. The van der Waals surface area contributed by atoms with Crippen LogP contribution in [0.1, 0.15) is 36.5 Å². The van der Waals surface area contributed by atoms with Crippen LogP contribution in [0.25, 0.3) is 17.1 Å². The summed E-state index contributed by atoms with van der Waals surface area (Å²) in [5, 5.41) is 10.3. The lowest BCUT2D eigenvalue weighted by atomic mass is 10.0. The fraction of sp³-hybridized carbons (Fsp3) is 0.231. The van der Waals surface area contributed by atoms with Gasteiger partial charge in [0.2, 0.25) is 0 Å². The van der Waals surface area contributed by atoms with Crippen LogP contribution in [0.15, 0.2) is 59.7 Å². The van der Waals surface area contributed by atoms with Crippen molar-refractivity contribution in [2.24, 2.45) is 0 Å². The van der Waals surface area contributed by atoms with Crippen LogP contribution in [-0.4, -0.2) is 24.6 Å². The third kappa shape index (κ3) is 5.09. The predicted octanol–water partition coefficient (Wildman–Crippen LogP) is 4.39. The number of pyridine rings is 4. The van der Waals surface area contributed by atoms with E-state index >= 15 is 0 Å². The number of ether oxygens (including phenoxy) is 1. The summed E-state index contributed by atoms with van der Waals surface area (Å²) in [6.07, 6.45) is 2.53. The first-order valence-corrected chi connectivity index (χ1v) is 10.9. The number of halogens is 2. The van der Waals surface area contributed by atoms with E-state index in [2.05, 4.69) is 15.0 Å². The Hall–Kier alpha value is -3.98. The van der Waals surface area contributed by atoms with Crippen molar-refractivity contribution in [3.63, 3.8) is 0 Å². The molecule has 4 rings (SSSR count). The lowest BCUT2D eigenvalue weighted by Crippen LogP contribution is -2.23. The van der Waals surface area contributed by atoms with Gasteiger partial charge in [-0.05, 0) is 63.6 Å². The van der Waals surface area contributed by atoms with Crippen LogP contribution < -0.4 is 10.3 Å². The van der Waals surface area contributed by atoms with Gasteiger partial charge in [0.05, 0.1) is 29.0 Å². The van der Waals surface area contributed by atoms with Gasteiger partial charge in [0.15, 0.2) is 11.6 Å². The number of aliphatic hydroxyl groups is 1. The molecule has 4 heterocycles. The van der Waals surface area contributed by atoms with Crippen molar-refractivity contribution >= 4 is 0 Å². The summed E-state index contributed by atoms with van der Waals surface area (Å²) in [6, 6.07) is 10.9. The van der Waals surface area contributed by atoms with E-state index < -0.39 is 22.8 Å². The molecule has 0 amide bonds. The van der Waals surface area contributed by atoms with Crippen molar-refractivity contribution in [2.45, 2.75) is 39.9 Å². The minimum Gasteiger partial charge on any atom is -0.481 e. The van der Waals surface area contributed by atoms with Gasteiger partial charge < -0.3 is 9.84 Å². The highest BCUT2D eigenvalue weighted by Crippen LogP contribution is 2.25. The summed E-state index contributed by atoms with van der Waals surface area (Å²) >= 11 is 0. The molecule has 7 nitrogen and oxygen atoms in total. The molecule has 0 unspecified atom stereocenters. The molecule has 35 heavy (non-hydrogen) atoms. The van der Waals surface area contributed by atoms with Crippen molar-refractivity contribution in [1.29, 1.82) is 0 Å². The Morgan fingerprint density at radius 2 is 1.80 bits per heavy atom. The fourth-order valence-electron chi connectivity index (χ4n) is 3.53. The topological polar surface area (TPSA) is 90.1 Å². The Kier molecular flexibility index (Phi) is 6.45. The lowest BCUT2D eigenvalue weighted by molar-refractivity contribution is 0.0740. The van der Waals surface area contributed by atoms with Crippen molar-refractivity contribution < 1.29 is 18.6 Å². The Labute approximate surface area is 200 Å². The largest absolute Gasteiger partial charge is 0.481 e. The molecule has 4 aromatic heterocycles. The van der Waals surface area contributed by atoms with Crippen molar-refractivity contribution in [1.82, 2.24) is 19.5 Å². The van der Waals surface area contributed by atoms with Gasteiger partial charge in [-0.2, -0.15) is 0 Å². The molecule has 0 saturated heterocycles. The van der Waals surface area contributed by atoms with Gasteiger partial charge in [0.1, 0.15) is 23.7 Å². The minimum absolute atomic E-state index is 0.0129. The Balaban J connectivity index is 1.73. The maximum atomic E-state index is 13.9. The maximum Gasteiger partial charge on any atom is 0.297 e. The quantitative estimate of drug-likeness (QED) is 0.442. The molecule has 0 fully saturated rings. The summed E-state index contributed by atoms with van der Waals surface area (Å²) in [5.41, 5.74) is 1.82. The SMILES string of the molecule is Cc1cnc(-c2cccc(C(C)(C)O)n2)cc1-n1c(C)ccc(OCc2ncc(F)cc2F)c1=O. The monoisotopic (exact) mass is 478 g/mol. The standard InChI is InChI=1S/C26H24F2N4O3/c1-15-12-29-20(19-6-5-7-24(31-19)26(3,4)34)11-22(15)32-16(2)8-9-23(25(32)33)35-14-21-18(28)10-17(27)13-30-21/h5-13,34H,14H2,1-4H3. The summed E-state index contributed by atoms with van der Waals surface area (Å²) < 4.78 is 34.1. The molecule has 0 spiro atoms. The average Bonchev–Trinajstić information content (AvgIpc) is 2.80. The van der Waals surface area contributed by atoms with E-state index in [0.717, 1.165) is 11.8 Å². The van der Waals surface area contributed by atoms with E-state index in [1.54, 1.807) is 57.3 Å². The first-order valence-electron chi connectivity index (χ1n) is 10.9. The Morgan fingerprint density at radius 3 is 2.51 bits per heavy atom. The number of rotatable bonds is 6. The second kappa shape index (κ2) is 9.34. The molecule has 1 N–H and O–H groups in total. The molecular weight excluding hydrogens is 454 g/mol. The Bertz CT molecular complexity index is 1460.